The fraction of sp³-hybridized carbons (Fsp3) is 0.0500. The summed E-state index contributed by atoms with van der Waals surface area (Å²) in [5.74, 6) is -0.772. The average molecular weight is 349 g/mol. The molecule has 0 atom stereocenters. The lowest BCUT2D eigenvalue weighted by atomic mass is 10.1. The van der Waals surface area contributed by atoms with E-state index in [4.69, 9.17) is 0 Å². The van der Waals surface area contributed by atoms with E-state index in [2.05, 4.69) is 15.6 Å². The van der Waals surface area contributed by atoms with Crippen LogP contribution in [0.3, 0.4) is 0 Å². The number of nitrogens with zero attached hydrogens (tertiary/aromatic N) is 1. The second-order valence-corrected chi connectivity index (χ2v) is 5.66. The van der Waals surface area contributed by atoms with Crippen LogP contribution in [0, 0.1) is 5.82 Å². The smallest absolute Gasteiger partial charge is 0.274 e. The number of halogens is 1. The predicted octanol–water partition coefficient (Wildman–Crippen LogP) is 4.42. The first kappa shape index (κ1) is 17.3. The summed E-state index contributed by atoms with van der Waals surface area (Å²) < 4.78 is 12.9. The van der Waals surface area contributed by atoms with Crippen molar-refractivity contribution in [1.82, 2.24) is 4.98 Å². The minimum absolute atomic E-state index is 0.0143. The van der Waals surface area contributed by atoms with Gasteiger partial charge in [-0.15, -0.1) is 0 Å². The van der Waals surface area contributed by atoms with Gasteiger partial charge in [-0.1, -0.05) is 12.1 Å². The third kappa shape index (κ3) is 4.30. The van der Waals surface area contributed by atoms with Crippen molar-refractivity contribution >= 4 is 28.8 Å². The lowest BCUT2D eigenvalue weighted by Crippen LogP contribution is -2.13. The highest BCUT2D eigenvalue weighted by Crippen LogP contribution is 2.18. The standard InChI is InChI=1S/C20H16FN3O2/c1-13(25)14-3-2-4-17(11-14)23-18-9-10-19(22-12-18)20(26)24-16-7-5-15(21)6-8-16/h2-12,23H,1H3,(H,24,26). The molecule has 0 bridgehead atoms. The monoisotopic (exact) mass is 349 g/mol. The van der Waals surface area contributed by atoms with E-state index < -0.39 is 0 Å². The first-order valence-corrected chi connectivity index (χ1v) is 7.92. The number of carbonyl (C=O) groups excluding carboxylic acids is 2. The summed E-state index contributed by atoms with van der Waals surface area (Å²) in [5, 5.41) is 5.78. The van der Waals surface area contributed by atoms with Crippen LogP contribution >= 0.6 is 0 Å². The van der Waals surface area contributed by atoms with Gasteiger partial charge < -0.3 is 10.6 Å². The molecule has 3 aromatic rings. The molecule has 0 aliphatic heterocycles. The van der Waals surface area contributed by atoms with Gasteiger partial charge >= 0.3 is 0 Å². The Labute approximate surface area is 149 Å². The number of anilines is 3. The Hall–Kier alpha value is -3.54. The van der Waals surface area contributed by atoms with Crippen molar-refractivity contribution in [1.29, 1.82) is 0 Å². The molecule has 0 aliphatic rings. The second kappa shape index (κ2) is 7.57. The summed E-state index contributed by atoms with van der Waals surface area (Å²) in [6, 6.07) is 15.9. The molecule has 2 N–H and O–H groups in total. The van der Waals surface area contributed by atoms with Gasteiger partial charge in [-0.3, -0.25) is 9.59 Å². The molecule has 0 saturated heterocycles. The molecule has 130 valence electrons. The van der Waals surface area contributed by atoms with Crippen LogP contribution in [0.5, 0.6) is 0 Å². The first-order chi connectivity index (χ1) is 12.5. The highest BCUT2D eigenvalue weighted by atomic mass is 19.1. The van der Waals surface area contributed by atoms with Crippen LogP contribution in [-0.2, 0) is 0 Å². The van der Waals surface area contributed by atoms with Crippen molar-refractivity contribution in [3.05, 3.63) is 83.9 Å². The molecule has 1 amide bonds. The number of amides is 1. The van der Waals surface area contributed by atoms with Crippen molar-refractivity contribution in [2.75, 3.05) is 10.6 Å². The van der Waals surface area contributed by atoms with E-state index in [1.165, 1.54) is 37.4 Å². The largest absolute Gasteiger partial charge is 0.354 e. The number of rotatable bonds is 5. The molecule has 0 fully saturated rings. The van der Waals surface area contributed by atoms with Crippen LogP contribution < -0.4 is 10.6 Å². The number of hydrogen-bond acceptors (Lipinski definition) is 4. The van der Waals surface area contributed by atoms with E-state index in [1.807, 2.05) is 6.07 Å². The Balaban J connectivity index is 1.68. The third-order valence-electron chi connectivity index (χ3n) is 3.66. The number of ketones is 1. The maximum Gasteiger partial charge on any atom is 0.274 e. The van der Waals surface area contributed by atoms with Crippen LogP contribution in [0.1, 0.15) is 27.8 Å². The highest BCUT2D eigenvalue weighted by molar-refractivity contribution is 6.03. The minimum atomic E-state index is -0.387. The fourth-order valence-electron chi connectivity index (χ4n) is 2.31. The van der Waals surface area contributed by atoms with Gasteiger partial charge in [0.25, 0.3) is 5.91 Å². The summed E-state index contributed by atoms with van der Waals surface area (Å²) in [4.78, 5) is 27.7. The molecular formula is C20H16FN3O2. The molecule has 6 heteroatoms. The molecule has 1 heterocycles. The summed E-state index contributed by atoms with van der Waals surface area (Å²) >= 11 is 0. The lowest BCUT2D eigenvalue weighted by molar-refractivity contribution is 0.101. The predicted molar refractivity (Wildman–Crippen MR) is 98.3 cm³/mol. The summed E-state index contributed by atoms with van der Waals surface area (Å²) in [5.41, 5.74) is 2.77. The molecule has 0 radical (unpaired) electrons. The molecule has 26 heavy (non-hydrogen) atoms. The van der Waals surface area contributed by atoms with E-state index in [0.29, 0.717) is 16.9 Å². The van der Waals surface area contributed by atoms with Crippen molar-refractivity contribution < 1.29 is 14.0 Å². The summed E-state index contributed by atoms with van der Waals surface area (Å²) in [6.07, 6.45) is 1.53. The van der Waals surface area contributed by atoms with Crippen LogP contribution in [0.25, 0.3) is 0 Å². The maximum atomic E-state index is 12.9. The average Bonchev–Trinajstić information content (AvgIpc) is 2.64. The van der Waals surface area contributed by atoms with Crippen molar-refractivity contribution in [2.45, 2.75) is 6.92 Å². The van der Waals surface area contributed by atoms with E-state index in [-0.39, 0.29) is 23.2 Å². The van der Waals surface area contributed by atoms with Crippen LogP contribution in [0.4, 0.5) is 21.5 Å². The molecule has 2 aromatic carbocycles. The van der Waals surface area contributed by atoms with Crippen LogP contribution in [0.15, 0.2) is 66.9 Å². The Morgan fingerprint density at radius 2 is 1.65 bits per heavy atom. The van der Waals surface area contributed by atoms with Crippen molar-refractivity contribution in [3.63, 3.8) is 0 Å². The van der Waals surface area contributed by atoms with Crippen molar-refractivity contribution in [3.8, 4) is 0 Å². The number of benzene rings is 2. The van der Waals surface area contributed by atoms with Gasteiger partial charge in [0, 0.05) is 16.9 Å². The van der Waals surface area contributed by atoms with Gasteiger partial charge in [-0.05, 0) is 55.5 Å². The molecule has 1 aromatic heterocycles. The molecule has 0 spiro atoms. The van der Waals surface area contributed by atoms with Crippen molar-refractivity contribution in [2.24, 2.45) is 0 Å². The van der Waals surface area contributed by atoms with Gasteiger partial charge in [0.15, 0.2) is 5.78 Å². The van der Waals surface area contributed by atoms with Crippen LogP contribution in [-0.4, -0.2) is 16.7 Å². The molecule has 0 saturated carbocycles. The maximum absolute atomic E-state index is 12.9. The zero-order valence-corrected chi connectivity index (χ0v) is 14.0. The van der Waals surface area contributed by atoms with Gasteiger partial charge in [-0.2, -0.15) is 0 Å². The second-order valence-electron chi connectivity index (χ2n) is 5.66. The van der Waals surface area contributed by atoms with Gasteiger partial charge in [0.2, 0.25) is 0 Å². The quantitative estimate of drug-likeness (QED) is 0.669. The van der Waals surface area contributed by atoms with Gasteiger partial charge in [-0.25, -0.2) is 9.37 Å². The lowest BCUT2D eigenvalue weighted by Gasteiger charge is -2.08. The van der Waals surface area contributed by atoms with Gasteiger partial charge in [0.1, 0.15) is 11.5 Å². The topological polar surface area (TPSA) is 71.1 Å². The number of pyridine rings is 1. The normalized spacial score (nSPS) is 10.2. The Bertz CT molecular complexity index is 938. The van der Waals surface area contributed by atoms with Gasteiger partial charge in [0.05, 0.1) is 11.9 Å². The Morgan fingerprint density at radius 3 is 2.31 bits per heavy atom. The summed E-state index contributed by atoms with van der Waals surface area (Å²) in [7, 11) is 0. The highest BCUT2D eigenvalue weighted by Gasteiger charge is 2.08. The number of nitrogens with one attached hydrogen (secondary N) is 2. The van der Waals surface area contributed by atoms with E-state index in [0.717, 1.165) is 5.69 Å². The van der Waals surface area contributed by atoms with E-state index in [9.17, 15) is 14.0 Å². The molecular weight excluding hydrogens is 333 g/mol. The number of aromatic nitrogens is 1. The molecule has 5 nitrogen and oxygen atoms in total. The summed E-state index contributed by atoms with van der Waals surface area (Å²) in [6.45, 7) is 1.51. The third-order valence-corrected chi connectivity index (χ3v) is 3.66. The SMILES string of the molecule is CC(=O)c1cccc(Nc2ccc(C(=O)Nc3ccc(F)cc3)nc2)c1. The molecule has 0 aliphatic carbocycles. The molecule has 3 rings (SSSR count). The molecule has 0 unspecified atom stereocenters. The number of hydrogen-bond donors (Lipinski definition) is 2. The first-order valence-electron chi connectivity index (χ1n) is 7.92. The van der Waals surface area contributed by atoms with Crippen LogP contribution in [0.2, 0.25) is 0 Å². The Morgan fingerprint density at radius 1 is 0.923 bits per heavy atom. The minimum Gasteiger partial charge on any atom is -0.354 e. The Kier molecular flexibility index (Phi) is 5.03. The van der Waals surface area contributed by atoms with E-state index in [1.54, 1.807) is 30.3 Å². The van der Waals surface area contributed by atoms with E-state index >= 15 is 0 Å². The zero-order valence-electron chi connectivity index (χ0n) is 14.0. The zero-order chi connectivity index (χ0) is 18.5. The fourth-order valence-corrected chi connectivity index (χ4v) is 2.31. The number of Topliss-reactive ketones (excluding diaryl/α,β-unsaturated/α-hetero) is 1. The number of carbonyl (C=O) groups is 2.